The highest BCUT2D eigenvalue weighted by atomic mass is 19.4. The Hall–Kier alpha value is -2.46. The molecule has 2 aromatic rings. The number of hydrogen-bond donors (Lipinski definition) is 2. The molecule has 0 aliphatic carbocycles. The Labute approximate surface area is 148 Å². The Morgan fingerprint density at radius 2 is 2.23 bits per heavy atom. The van der Waals surface area contributed by atoms with E-state index in [2.05, 4.69) is 21.2 Å². The molecular weight excluding hydrogens is 349 g/mol. The Morgan fingerprint density at radius 1 is 1.42 bits per heavy atom. The first kappa shape index (κ1) is 18.3. The first-order valence-electron chi connectivity index (χ1n) is 8.13. The third-order valence-electron chi connectivity index (χ3n) is 4.12. The van der Waals surface area contributed by atoms with E-state index in [1.807, 2.05) is 0 Å². The minimum atomic E-state index is -4.40. The van der Waals surface area contributed by atoms with Gasteiger partial charge in [0.15, 0.2) is 5.69 Å². The number of amides is 1. The van der Waals surface area contributed by atoms with Gasteiger partial charge in [0.1, 0.15) is 0 Å². The smallest absolute Gasteiger partial charge is 0.339 e. The number of rotatable bonds is 5. The molecule has 0 saturated carbocycles. The molecule has 3 rings (SSSR count). The molecule has 1 amide bonds. The van der Waals surface area contributed by atoms with Gasteiger partial charge in [0, 0.05) is 26.2 Å². The summed E-state index contributed by atoms with van der Waals surface area (Å²) in [6.45, 7) is 1.47. The summed E-state index contributed by atoms with van der Waals surface area (Å²) in [4.78, 5) is 13.9. The lowest BCUT2D eigenvalue weighted by atomic mass is 10.1. The molecule has 1 atom stereocenters. The van der Waals surface area contributed by atoms with Crippen LogP contribution in [0, 0.1) is 0 Å². The average molecular weight is 368 g/mol. The predicted molar refractivity (Wildman–Crippen MR) is 87.1 cm³/mol. The van der Waals surface area contributed by atoms with Crippen molar-refractivity contribution in [1.29, 1.82) is 0 Å². The molecule has 1 aliphatic heterocycles. The van der Waals surface area contributed by atoms with E-state index in [1.165, 1.54) is 16.9 Å². The van der Waals surface area contributed by atoms with Crippen LogP contribution in [0.2, 0.25) is 0 Å². The van der Waals surface area contributed by atoms with Crippen molar-refractivity contribution in [3.05, 3.63) is 47.3 Å². The van der Waals surface area contributed by atoms with Crippen LogP contribution in [-0.4, -0.2) is 52.0 Å². The second-order valence-corrected chi connectivity index (χ2v) is 6.24. The van der Waals surface area contributed by atoms with Crippen LogP contribution in [0.15, 0.2) is 30.5 Å². The van der Waals surface area contributed by atoms with Gasteiger partial charge in [-0.05, 0) is 24.1 Å². The maximum absolute atomic E-state index is 12.8. The lowest BCUT2D eigenvalue weighted by Gasteiger charge is -2.19. The number of hydrogen-bond acceptors (Lipinski definition) is 5. The quantitative estimate of drug-likeness (QED) is 0.832. The highest BCUT2D eigenvalue weighted by molar-refractivity contribution is 5.91. The standard InChI is InChI=1S/C16H19F3N6O/c1-24(9-13-5-6-20-21-13)15(26)14-10-25(23-22-14)8-11-3-2-4-12(7-11)16(17,18)19/h2-4,7,10,13,20-21H,5-6,8-9H2,1H3. The Balaban J connectivity index is 1.65. The summed E-state index contributed by atoms with van der Waals surface area (Å²) in [6.07, 6.45) is -2.04. The number of aromatic nitrogens is 3. The van der Waals surface area contributed by atoms with Crippen molar-refractivity contribution in [2.75, 3.05) is 20.1 Å². The van der Waals surface area contributed by atoms with E-state index < -0.39 is 11.7 Å². The number of nitrogens with one attached hydrogen (secondary N) is 2. The summed E-state index contributed by atoms with van der Waals surface area (Å²) in [5.74, 6) is -0.283. The van der Waals surface area contributed by atoms with Gasteiger partial charge < -0.3 is 4.90 Å². The van der Waals surface area contributed by atoms with E-state index in [4.69, 9.17) is 0 Å². The molecule has 1 fully saturated rings. The number of nitrogens with zero attached hydrogens (tertiary/aromatic N) is 4. The Morgan fingerprint density at radius 3 is 2.92 bits per heavy atom. The van der Waals surface area contributed by atoms with Crippen LogP contribution >= 0.6 is 0 Å². The number of carbonyl (C=O) groups is 1. The summed E-state index contributed by atoms with van der Waals surface area (Å²) < 4.78 is 39.7. The number of alkyl halides is 3. The summed E-state index contributed by atoms with van der Waals surface area (Å²) >= 11 is 0. The minimum Gasteiger partial charge on any atom is -0.339 e. The van der Waals surface area contributed by atoms with Gasteiger partial charge in [-0.1, -0.05) is 17.3 Å². The van der Waals surface area contributed by atoms with E-state index in [1.54, 1.807) is 18.0 Å². The number of likely N-dealkylation sites (N-methyl/N-ethyl adjacent to an activating group) is 1. The molecule has 10 heteroatoms. The van der Waals surface area contributed by atoms with Crippen LogP contribution < -0.4 is 10.9 Å². The van der Waals surface area contributed by atoms with Crippen molar-refractivity contribution in [3.63, 3.8) is 0 Å². The van der Waals surface area contributed by atoms with Gasteiger partial charge >= 0.3 is 6.18 Å². The van der Waals surface area contributed by atoms with Gasteiger partial charge in [-0.15, -0.1) is 5.10 Å². The number of hydrazine groups is 1. The summed E-state index contributed by atoms with van der Waals surface area (Å²) in [5, 5.41) is 7.69. The fourth-order valence-corrected chi connectivity index (χ4v) is 2.79. The molecule has 2 heterocycles. The molecule has 1 aromatic carbocycles. The van der Waals surface area contributed by atoms with Crippen LogP contribution in [-0.2, 0) is 12.7 Å². The molecule has 0 spiro atoms. The molecule has 1 saturated heterocycles. The van der Waals surface area contributed by atoms with E-state index in [0.717, 1.165) is 25.1 Å². The average Bonchev–Trinajstić information content (AvgIpc) is 3.25. The van der Waals surface area contributed by atoms with Crippen LogP contribution in [0.3, 0.4) is 0 Å². The van der Waals surface area contributed by atoms with Crippen molar-refractivity contribution in [2.24, 2.45) is 0 Å². The van der Waals surface area contributed by atoms with Crippen LogP contribution in [0.4, 0.5) is 13.2 Å². The van der Waals surface area contributed by atoms with E-state index in [0.29, 0.717) is 12.1 Å². The van der Waals surface area contributed by atoms with Gasteiger partial charge in [0.2, 0.25) is 0 Å². The molecule has 1 aromatic heterocycles. The third kappa shape index (κ3) is 4.38. The zero-order valence-electron chi connectivity index (χ0n) is 14.1. The third-order valence-corrected chi connectivity index (χ3v) is 4.12. The topological polar surface area (TPSA) is 75.1 Å². The van der Waals surface area contributed by atoms with Gasteiger partial charge in [0.25, 0.3) is 5.91 Å². The monoisotopic (exact) mass is 368 g/mol. The zero-order chi connectivity index (χ0) is 18.7. The van der Waals surface area contributed by atoms with E-state index >= 15 is 0 Å². The van der Waals surface area contributed by atoms with Gasteiger partial charge in [-0.2, -0.15) is 13.2 Å². The van der Waals surface area contributed by atoms with Gasteiger partial charge in [0.05, 0.1) is 18.3 Å². The van der Waals surface area contributed by atoms with Crippen molar-refractivity contribution >= 4 is 5.91 Å². The molecule has 0 radical (unpaired) electrons. The van der Waals surface area contributed by atoms with E-state index in [-0.39, 0.29) is 24.2 Å². The first-order valence-corrected chi connectivity index (χ1v) is 8.13. The molecule has 1 unspecified atom stereocenters. The SMILES string of the molecule is CN(CC1CCNN1)C(=O)c1cn(Cc2cccc(C(F)(F)F)c2)nn1. The maximum Gasteiger partial charge on any atom is 0.416 e. The number of carbonyl (C=O) groups excluding carboxylic acids is 1. The molecule has 2 N–H and O–H groups in total. The molecule has 7 nitrogen and oxygen atoms in total. The van der Waals surface area contributed by atoms with Gasteiger partial charge in [-0.3, -0.25) is 15.6 Å². The molecule has 140 valence electrons. The second kappa shape index (κ2) is 7.42. The van der Waals surface area contributed by atoms with Gasteiger partial charge in [-0.25, -0.2) is 4.68 Å². The second-order valence-electron chi connectivity index (χ2n) is 6.24. The molecule has 1 aliphatic rings. The van der Waals surface area contributed by atoms with Crippen molar-refractivity contribution in [3.8, 4) is 0 Å². The fraction of sp³-hybridized carbons (Fsp3) is 0.438. The molecular formula is C16H19F3N6O. The zero-order valence-corrected chi connectivity index (χ0v) is 14.1. The van der Waals surface area contributed by atoms with Crippen LogP contribution in [0.25, 0.3) is 0 Å². The van der Waals surface area contributed by atoms with Crippen molar-refractivity contribution in [1.82, 2.24) is 30.7 Å². The highest BCUT2D eigenvalue weighted by Crippen LogP contribution is 2.29. The summed E-state index contributed by atoms with van der Waals surface area (Å²) in [5.41, 5.74) is 5.94. The lowest BCUT2D eigenvalue weighted by molar-refractivity contribution is -0.137. The van der Waals surface area contributed by atoms with Crippen molar-refractivity contribution < 1.29 is 18.0 Å². The predicted octanol–water partition coefficient (Wildman–Crippen LogP) is 1.28. The normalized spacial score (nSPS) is 17.5. The molecule has 26 heavy (non-hydrogen) atoms. The van der Waals surface area contributed by atoms with Crippen LogP contribution in [0.5, 0.6) is 0 Å². The summed E-state index contributed by atoms with van der Waals surface area (Å²) in [7, 11) is 1.67. The Bertz CT molecular complexity index is 769. The fourth-order valence-electron chi connectivity index (χ4n) is 2.79. The number of halogens is 3. The first-order chi connectivity index (χ1) is 12.3. The molecule has 0 bridgehead atoms. The Kier molecular flexibility index (Phi) is 5.23. The van der Waals surface area contributed by atoms with E-state index in [9.17, 15) is 18.0 Å². The lowest BCUT2D eigenvalue weighted by Crippen LogP contribution is -2.41. The van der Waals surface area contributed by atoms with Crippen LogP contribution in [0.1, 0.15) is 28.0 Å². The van der Waals surface area contributed by atoms with Crippen molar-refractivity contribution in [2.45, 2.75) is 25.2 Å². The minimum absolute atomic E-state index is 0.0992. The maximum atomic E-state index is 12.8. The summed E-state index contributed by atoms with van der Waals surface area (Å²) in [6, 6.07) is 5.17. The highest BCUT2D eigenvalue weighted by Gasteiger charge is 2.30. The number of benzene rings is 1. The largest absolute Gasteiger partial charge is 0.416 e.